The van der Waals surface area contributed by atoms with Gasteiger partial charge >= 0.3 is 5.78 Å². The normalized spacial score (nSPS) is 10.5. The zero-order valence-corrected chi connectivity index (χ0v) is 16.9. The molecule has 1 aromatic carbocycles. The molecule has 0 saturated carbocycles. The average Bonchev–Trinajstić information content (AvgIpc) is 2.92. The number of nitrogens with zero attached hydrogens (tertiary/aromatic N) is 1. The van der Waals surface area contributed by atoms with Crippen LogP contribution in [0.1, 0.15) is 18.7 Å². The van der Waals surface area contributed by atoms with Crippen molar-refractivity contribution in [1.82, 2.24) is 4.98 Å². The number of fused-ring (bicyclic) bond motifs is 1. The van der Waals surface area contributed by atoms with Gasteiger partial charge in [-0.3, -0.25) is 4.79 Å². The number of rotatable bonds is 2. The van der Waals surface area contributed by atoms with Crippen molar-refractivity contribution in [2.24, 2.45) is 0 Å². The monoisotopic (exact) mass is 518 g/mol. The van der Waals surface area contributed by atoms with E-state index in [2.05, 4.69) is 36.2 Å². The summed E-state index contributed by atoms with van der Waals surface area (Å²) in [6.45, 7) is 5.09. The van der Waals surface area contributed by atoms with E-state index in [4.69, 9.17) is 9.90 Å². The quantitative estimate of drug-likeness (QED) is 0.223. The molecule has 0 spiro atoms. The second-order valence-corrected chi connectivity index (χ2v) is 6.40. The number of thiophene rings is 1. The summed E-state index contributed by atoms with van der Waals surface area (Å²) in [5.41, 5.74) is 2.05. The van der Waals surface area contributed by atoms with Crippen molar-refractivity contribution in [3.05, 3.63) is 65.2 Å². The molecule has 24 heavy (non-hydrogen) atoms. The Morgan fingerprint density at radius 1 is 1.21 bits per heavy atom. The molecule has 1 radical (unpaired) electrons. The van der Waals surface area contributed by atoms with Crippen molar-refractivity contribution < 1.29 is 30.0 Å². The molecule has 0 aliphatic rings. The fourth-order valence-electron chi connectivity index (χ4n) is 2.01. The molecule has 0 amide bonds. The van der Waals surface area contributed by atoms with Crippen LogP contribution in [0, 0.1) is 13.0 Å². The number of hydrogen-bond acceptors (Lipinski definition) is 3. The molecule has 0 fully saturated rings. The van der Waals surface area contributed by atoms with Crippen LogP contribution in [0.25, 0.3) is 21.5 Å². The van der Waals surface area contributed by atoms with E-state index in [1.165, 1.54) is 30.2 Å². The van der Waals surface area contributed by atoms with Gasteiger partial charge in [0.15, 0.2) is 0 Å². The number of aliphatic hydroxyl groups excluding tert-OH is 1. The third-order valence-electron chi connectivity index (χ3n) is 2.92. The van der Waals surface area contributed by atoms with E-state index >= 15 is 0 Å². The third kappa shape index (κ3) is 6.00. The van der Waals surface area contributed by atoms with Crippen LogP contribution in [0.5, 0.6) is 0 Å². The topological polar surface area (TPSA) is 54.5 Å². The summed E-state index contributed by atoms with van der Waals surface area (Å²) in [6.07, 6.45) is 1.28. The van der Waals surface area contributed by atoms with Crippen LogP contribution in [0.15, 0.2) is 54.3 Å². The number of aliphatic hydroxyl groups is 1. The predicted molar refractivity (Wildman–Crippen MR) is 97.6 cm³/mol. The predicted octanol–water partition coefficient (Wildman–Crippen LogP) is 5.08. The van der Waals surface area contributed by atoms with Crippen molar-refractivity contribution in [3.63, 3.8) is 0 Å². The maximum absolute atomic E-state index is 8.40. The molecule has 3 rings (SSSR count). The van der Waals surface area contributed by atoms with Crippen molar-refractivity contribution in [2.45, 2.75) is 20.8 Å². The first-order valence-corrected chi connectivity index (χ1v) is 8.01. The van der Waals surface area contributed by atoms with Gasteiger partial charge in [0.05, 0.1) is 24.3 Å². The number of aryl methyl sites for hydroxylation is 1. The Kier molecular flexibility index (Phi) is 7.99. The Hall–Kier alpha value is -1.81. The summed E-state index contributed by atoms with van der Waals surface area (Å²) in [5, 5.41) is 9.58. The molecular weight excluding hydrogens is 498 g/mol. The van der Waals surface area contributed by atoms with Gasteiger partial charge in [0.1, 0.15) is 0 Å². The second kappa shape index (κ2) is 9.48. The van der Waals surface area contributed by atoms with E-state index < -0.39 is 0 Å². The van der Waals surface area contributed by atoms with E-state index in [9.17, 15) is 0 Å². The Morgan fingerprint density at radius 3 is 2.46 bits per heavy atom. The first-order chi connectivity index (χ1) is 11.0. The number of benzene rings is 1. The summed E-state index contributed by atoms with van der Waals surface area (Å²) in [5.74, 6) is 0.250. The minimum absolute atomic E-state index is 0. The smallest absolute Gasteiger partial charge is 0.316 e. The summed E-state index contributed by atoms with van der Waals surface area (Å²) in [4.78, 5) is 15.4. The van der Waals surface area contributed by atoms with Gasteiger partial charge in [-0.1, -0.05) is 47.0 Å². The van der Waals surface area contributed by atoms with Gasteiger partial charge in [-0.25, -0.2) is 11.3 Å². The van der Waals surface area contributed by atoms with E-state index in [1.54, 1.807) is 11.3 Å². The van der Waals surface area contributed by atoms with E-state index in [-0.39, 0.29) is 31.6 Å². The maximum Gasteiger partial charge on any atom is 0.316 e. The average molecular weight is 518 g/mol. The van der Waals surface area contributed by atoms with Gasteiger partial charge in [0.25, 0.3) is 0 Å². The van der Waals surface area contributed by atoms with Crippen LogP contribution in [-0.4, -0.2) is 20.7 Å². The van der Waals surface area contributed by atoms with Crippen molar-refractivity contribution >= 4 is 28.0 Å². The molecule has 2 aromatic heterocycles. The Bertz CT molecular complexity index is 851. The molecular formula is C19H19IrNO2S. The van der Waals surface area contributed by atoms with Crippen LogP contribution >= 0.6 is 11.3 Å². The van der Waals surface area contributed by atoms with E-state index in [1.807, 2.05) is 24.3 Å². The first kappa shape index (κ1) is 20.2. The largest absolute Gasteiger partial charge is 0.512 e. The molecule has 0 aliphatic carbocycles. The minimum atomic E-state index is 0. The Labute approximate surface area is 159 Å². The summed E-state index contributed by atoms with van der Waals surface area (Å²) in [7, 11) is 0. The van der Waals surface area contributed by atoms with Gasteiger partial charge in [-0.2, -0.15) is 12.1 Å². The summed E-state index contributed by atoms with van der Waals surface area (Å²) >= 11 is 1.73. The molecule has 2 heterocycles. The number of carbonyl (C=O) groups excluding carboxylic acids is 1. The van der Waals surface area contributed by atoms with Crippen LogP contribution < -0.4 is 0 Å². The van der Waals surface area contributed by atoms with Gasteiger partial charge in [-0.15, -0.1) is 0 Å². The number of pyridine rings is 1. The number of para-hydroxylation sites is 1. The number of ketones is 1. The van der Waals surface area contributed by atoms with Crippen LogP contribution in [-0.2, 0) is 20.1 Å². The fraction of sp³-hybridized carbons (Fsp3) is 0.158. The van der Waals surface area contributed by atoms with Gasteiger partial charge in [0, 0.05) is 20.1 Å². The molecule has 5 heteroatoms. The third-order valence-corrected chi connectivity index (χ3v) is 3.89. The van der Waals surface area contributed by atoms with Crippen molar-refractivity contribution in [1.29, 1.82) is 0 Å². The molecule has 0 atom stereocenters. The van der Waals surface area contributed by atoms with Gasteiger partial charge in [-0.05, 0) is 24.1 Å². The van der Waals surface area contributed by atoms with Gasteiger partial charge in [0.2, 0.25) is 0 Å². The fourth-order valence-corrected chi connectivity index (χ4v) is 2.78. The molecule has 0 unspecified atom stereocenters. The van der Waals surface area contributed by atoms with Gasteiger partial charge < -0.3 is 10.1 Å². The number of hydrogen-bond donors (Lipinski definition) is 1. The maximum atomic E-state index is 8.40. The Balaban J connectivity index is 0.000000312. The number of allylic oxidation sites excluding steroid dienone is 2. The molecule has 0 aliphatic heterocycles. The molecule has 0 saturated heterocycles. The zero-order valence-electron chi connectivity index (χ0n) is 13.7. The second-order valence-electron chi connectivity index (χ2n) is 5.15. The summed E-state index contributed by atoms with van der Waals surface area (Å²) in [6, 6.07) is 17.6. The zero-order chi connectivity index (χ0) is 16.8. The molecule has 3 aromatic rings. The minimum Gasteiger partial charge on any atom is -0.512 e. The molecule has 2 N–H and O–H groups in total. The van der Waals surface area contributed by atoms with Crippen molar-refractivity contribution in [3.8, 4) is 10.6 Å². The van der Waals surface area contributed by atoms with Crippen LogP contribution in [0.4, 0.5) is 0 Å². The van der Waals surface area contributed by atoms with Crippen LogP contribution in [0.3, 0.4) is 0 Å². The van der Waals surface area contributed by atoms with Crippen molar-refractivity contribution in [2.75, 3.05) is 0 Å². The number of aromatic nitrogens is 1. The molecule has 127 valence electrons. The van der Waals surface area contributed by atoms with E-state index in [0.29, 0.717) is 0 Å². The van der Waals surface area contributed by atoms with Crippen LogP contribution in [0.2, 0.25) is 0 Å². The standard InChI is InChI=1S/C14H10NS.C5H8O2.Ir/c1-10-6-9-14(16-10)13-8-7-11-4-2-3-5-12(11)15-13;1-4(6)3-5(2)7;/h2-8H,1H3;3,6H,1-2H3;/q-1;;/p+1. The summed E-state index contributed by atoms with van der Waals surface area (Å²) < 4.78 is 0. The molecule has 0 bridgehead atoms. The Morgan fingerprint density at radius 2 is 1.92 bits per heavy atom. The SMILES string of the molecule is CC(=[OH+])C=C(C)O.Cc1c[c-]c(-c2ccc3ccccc3n2)s1.[Ir]. The first-order valence-electron chi connectivity index (χ1n) is 7.20. The van der Waals surface area contributed by atoms with E-state index in [0.717, 1.165) is 16.1 Å². The molecule has 3 nitrogen and oxygen atoms in total.